The predicted octanol–water partition coefficient (Wildman–Crippen LogP) is 6.12. The topological polar surface area (TPSA) is 9.23 Å². The van der Waals surface area contributed by atoms with Gasteiger partial charge in [0.05, 0.1) is 0 Å². The van der Waals surface area contributed by atoms with Crippen LogP contribution in [0.3, 0.4) is 0 Å². The normalized spacial score (nSPS) is 22.9. The lowest BCUT2D eigenvalue weighted by Gasteiger charge is -2.36. The second kappa shape index (κ2) is 8.14. The quantitative estimate of drug-likeness (QED) is 0.435. The van der Waals surface area contributed by atoms with Crippen molar-refractivity contribution in [3.05, 3.63) is 35.9 Å². The Morgan fingerprint density at radius 1 is 1.19 bits per heavy atom. The molecule has 1 aromatic rings. The van der Waals surface area contributed by atoms with Crippen molar-refractivity contribution < 1.29 is 4.43 Å². The zero-order valence-corrected chi connectivity index (χ0v) is 15.1. The van der Waals surface area contributed by atoms with Gasteiger partial charge in [-0.25, -0.2) is 0 Å². The highest BCUT2D eigenvalue weighted by Gasteiger charge is 2.32. The standard InChI is InChI=1S/C19H32OSi/c1-4-5-7-13-18(17-11-8-6-9-12-17)16-19-14-10-15-21(2,3)20-19/h6,8-9,11-12,18-19H,4-5,7,10,13-16H2,1-3H3. The summed E-state index contributed by atoms with van der Waals surface area (Å²) in [5, 5.41) is 0. The van der Waals surface area contributed by atoms with E-state index in [0.29, 0.717) is 12.0 Å². The number of unbranched alkanes of at least 4 members (excludes halogenated alkanes) is 2. The van der Waals surface area contributed by atoms with Crippen LogP contribution in [-0.2, 0) is 4.43 Å². The summed E-state index contributed by atoms with van der Waals surface area (Å²) in [5.74, 6) is 0.686. The van der Waals surface area contributed by atoms with Crippen LogP contribution in [0.5, 0.6) is 0 Å². The van der Waals surface area contributed by atoms with Gasteiger partial charge in [0.1, 0.15) is 0 Å². The molecular formula is C19H32OSi. The van der Waals surface area contributed by atoms with E-state index in [1.54, 1.807) is 0 Å². The van der Waals surface area contributed by atoms with Gasteiger partial charge >= 0.3 is 0 Å². The Hall–Kier alpha value is -0.603. The molecule has 1 saturated heterocycles. The van der Waals surface area contributed by atoms with Gasteiger partial charge < -0.3 is 4.43 Å². The molecule has 0 bridgehead atoms. The minimum absolute atomic E-state index is 0.507. The second-order valence-electron chi connectivity index (χ2n) is 7.23. The summed E-state index contributed by atoms with van der Waals surface area (Å²) in [6.07, 6.45) is 9.71. The molecule has 0 aromatic heterocycles. The van der Waals surface area contributed by atoms with Crippen LogP contribution in [0.15, 0.2) is 30.3 Å². The molecule has 1 fully saturated rings. The molecule has 118 valence electrons. The van der Waals surface area contributed by atoms with Gasteiger partial charge in [-0.1, -0.05) is 62.9 Å². The Balaban J connectivity index is 1.98. The number of rotatable bonds is 7. The smallest absolute Gasteiger partial charge is 0.187 e. The van der Waals surface area contributed by atoms with E-state index >= 15 is 0 Å². The molecule has 0 amide bonds. The minimum atomic E-state index is -1.36. The second-order valence-corrected chi connectivity index (χ2v) is 11.5. The molecule has 1 nitrogen and oxygen atoms in total. The summed E-state index contributed by atoms with van der Waals surface area (Å²) >= 11 is 0. The zero-order valence-electron chi connectivity index (χ0n) is 14.1. The van der Waals surface area contributed by atoms with Crippen molar-refractivity contribution in [1.82, 2.24) is 0 Å². The average Bonchev–Trinajstić information content (AvgIpc) is 2.46. The first-order valence-corrected chi connectivity index (χ1v) is 11.9. The van der Waals surface area contributed by atoms with Crippen LogP contribution in [0.1, 0.15) is 63.4 Å². The molecule has 0 aliphatic carbocycles. The van der Waals surface area contributed by atoms with Crippen molar-refractivity contribution in [2.24, 2.45) is 0 Å². The van der Waals surface area contributed by atoms with Crippen molar-refractivity contribution in [2.45, 2.75) is 83.0 Å². The van der Waals surface area contributed by atoms with Crippen molar-refractivity contribution in [3.8, 4) is 0 Å². The molecule has 0 radical (unpaired) electrons. The number of hydrogen-bond acceptors (Lipinski definition) is 1. The maximum Gasteiger partial charge on any atom is 0.187 e. The minimum Gasteiger partial charge on any atom is -0.414 e. The van der Waals surface area contributed by atoms with Gasteiger partial charge in [0.2, 0.25) is 0 Å². The van der Waals surface area contributed by atoms with Crippen molar-refractivity contribution in [1.29, 1.82) is 0 Å². The molecule has 1 aliphatic rings. The third kappa shape index (κ3) is 5.59. The van der Waals surface area contributed by atoms with Crippen LogP contribution in [0, 0.1) is 0 Å². The van der Waals surface area contributed by atoms with Gasteiger partial charge in [-0.15, -0.1) is 0 Å². The van der Waals surface area contributed by atoms with Crippen LogP contribution < -0.4 is 0 Å². The molecule has 0 spiro atoms. The fourth-order valence-corrected chi connectivity index (χ4v) is 5.88. The predicted molar refractivity (Wildman–Crippen MR) is 94.3 cm³/mol. The van der Waals surface area contributed by atoms with Crippen molar-refractivity contribution in [3.63, 3.8) is 0 Å². The van der Waals surface area contributed by atoms with E-state index in [1.165, 1.54) is 56.6 Å². The van der Waals surface area contributed by atoms with Gasteiger partial charge in [-0.05, 0) is 49.9 Å². The Bertz CT molecular complexity index is 401. The SMILES string of the molecule is CCCCCC(CC1CCC[Si](C)(C)O1)c1ccccc1. The molecule has 2 unspecified atom stereocenters. The summed E-state index contributed by atoms with van der Waals surface area (Å²) in [6, 6.07) is 12.4. The first kappa shape index (κ1) is 16.8. The van der Waals surface area contributed by atoms with Crippen LogP contribution in [-0.4, -0.2) is 14.4 Å². The highest BCUT2D eigenvalue weighted by molar-refractivity contribution is 6.71. The van der Waals surface area contributed by atoms with E-state index in [4.69, 9.17) is 4.43 Å². The van der Waals surface area contributed by atoms with Gasteiger partial charge in [0.25, 0.3) is 0 Å². The van der Waals surface area contributed by atoms with Gasteiger partial charge in [-0.3, -0.25) is 0 Å². The highest BCUT2D eigenvalue weighted by atomic mass is 28.4. The summed E-state index contributed by atoms with van der Waals surface area (Å²) in [4.78, 5) is 0. The molecular weight excluding hydrogens is 272 g/mol. The van der Waals surface area contributed by atoms with E-state index in [1.807, 2.05) is 0 Å². The van der Waals surface area contributed by atoms with Gasteiger partial charge in [0.15, 0.2) is 8.32 Å². The fraction of sp³-hybridized carbons (Fsp3) is 0.684. The molecule has 2 rings (SSSR count). The molecule has 1 aromatic carbocycles. The van der Waals surface area contributed by atoms with E-state index in [2.05, 4.69) is 50.3 Å². The van der Waals surface area contributed by atoms with Gasteiger partial charge in [-0.2, -0.15) is 0 Å². The van der Waals surface area contributed by atoms with Crippen molar-refractivity contribution in [2.75, 3.05) is 0 Å². The molecule has 1 heterocycles. The maximum absolute atomic E-state index is 6.47. The first-order valence-electron chi connectivity index (χ1n) is 8.83. The average molecular weight is 305 g/mol. The molecule has 21 heavy (non-hydrogen) atoms. The molecule has 1 aliphatic heterocycles. The Labute approximate surface area is 132 Å². The lowest BCUT2D eigenvalue weighted by Crippen LogP contribution is -2.40. The summed E-state index contributed by atoms with van der Waals surface area (Å²) < 4.78 is 6.47. The van der Waals surface area contributed by atoms with Crippen molar-refractivity contribution >= 4 is 8.32 Å². The van der Waals surface area contributed by atoms with Gasteiger partial charge in [0, 0.05) is 6.10 Å². The molecule has 2 heteroatoms. The monoisotopic (exact) mass is 304 g/mol. The molecule has 2 atom stereocenters. The number of benzene rings is 1. The summed E-state index contributed by atoms with van der Waals surface area (Å²) in [6.45, 7) is 7.05. The van der Waals surface area contributed by atoms with E-state index in [9.17, 15) is 0 Å². The van der Waals surface area contributed by atoms with E-state index < -0.39 is 8.32 Å². The van der Waals surface area contributed by atoms with Crippen LogP contribution in [0.25, 0.3) is 0 Å². The highest BCUT2D eigenvalue weighted by Crippen LogP contribution is 2.34. The van der Waals surface area contributed by atoms with E-state index in [0.717, 1.165) is 0 Å². The number of hydrogen-bond donors (Lipinski definition) is 0. The third-order valence-electron chi connectivity index (χ3n) is 4.77. The maximum atomic E-state index is 6.47. The zero-order chi connectivity index (χ0) is 15.1. The molecule has 0 N–H and O–H groups in total. The fourth-order valence-electron chi connectivity index (χ4n) is 3.59. The summed E-state index contributed by atoms with van der Waals surface area (Å²) in [7, 11) is -1.36. The Morgan fingerprint density at radius 3 is 2.62 bits per heavy atom. The molecule has 0 saturated carbocycles. The lowest BCUT2D eigenvalue weighted by molar-refractivity contribution is 0.141. The first-order chi connectivity index (χ1) is 10.1. The van der Waals surface area contributed by atoms with E-state index in [-0.39, 0.29) is 0 Å². The van der Waals surface area contributed by atoms with Crippen LogP contribution in [0.2, 0.25) is 19.1 Å². The third-order valence-corrected chi connectivity index (χ3v) is 7.29. The summed E-state index contributed by atoms with van der Waals surface area (Å²) in [5.41, 5.74) is 1.52. The lowest BCUT2D eigenvalue weighted by atomic mass is 9.87. The van der Waals surface area contributed by atoms with Crippen LogP contribution >= 0.6 is 0 Å². The largest absolute Gasteiger partial charge is 0.414 e. The Morgan fingerprint density at radius 2 is 1.95 bits per heavy atom. The van der Waals surface area contributed by atoms with Crippen LogP contribution in [0.4, 0.5) is 0 Å². The Kier molecular flexibility index (Phi) is 6.50.